The van der Waals surface area contributed by atoms with Gasteiger partial charge in [-0.3, -0.25) is 9.59 Å². The normalized spacial score (nSPS) is 19.4. The molecule has 0 saturated carbocycles. The number of nitrogens with zero attached hydrogens (tertiary/aromatic N) is 2. The lowest BCUT2D eigenvalue weighted by molar-refractivity contribution is -0.274. The zero-order valence-electron chi connectivity index (χ0n) is 22.2. The van der Waals surface area contributed by atoms with Gasteiger partial charge in [0.15, 0.2) is 0 Å². The Kier molecular flexibility index (Phi) is 9.32. The summed E-state index contributed by atoms with van der Waals surface area (Å²) in [5.74, 6) is -1.94. The van der Waals surface area contributed by atoms with E-state index in [9.17, 15) is 27.6 Å². The number of nitriles is 1. The number of amides is 3. The molecule has 3 amide bonds. The number of hydrogen-bond acceptors (Lipinski definition) is 7. The second kappa shape index (κ2) is 12.1. The first-order valence-corrected chi connectivity index (χ1v) is 12.7. The van der Waals surface area contributed by atoms with Gasteiger partial charge in [0, 0.05) is 51.3 Å². The van der Waals surface area contributed by atoms with E-state index in [4.69, 9.17) is 14.7 Å². The maximum absolute atomic E-state index is 13.7. The second-order valence-electron chi connectivity index (χ2n) is 10.6. The highest BCUT2D eigenvalue weighted by molar-refractivity contribution is 5.91. The Morgan fingerprint density at radius 2 is 1.90 bits per heavy atom. The number of nitrogens with one attached hydrogen (secondary N) is 2. The van der Waals surface area contributed by atoms with Crippen molar-refractivity contribution in [3.63, 3.8) is 0 Å². The van der Waals surface area contributed by atoms with Crippen molar-refractivity contribution in [2.24, 2.45) is 5.92 Å². The van der Waals surface area contributed by atoms with Crippen molar-refractivity contribution >= 4 is 17.9 Å². The highest BCUT2D eigenvalue weighted by atomic mass is 19.4. The van der Waals surface area contributed by atoms with E-state index in [1.54, 1.807) is 26.8 Å². The average molecular weight is 555 g/mol. The molecule has 0 aliphatic carbocycles. The first-order valence-electron chi connectivity index (χ1n) is 12.7. The van der Waals surface area contributed by atoms with E-state index in [2.05, 4.69) is 15.4 Å². The number of halogens is 3. The highest BCUT2D eigenvalue weighted by Gasteiger charge is 2.46. The van der Waals surface area contributed by atoms with E-state index in [0.29, 0.717) is 19.4 Å². The van der Waals surface area contributed by atoms with Gasteiger partial charge in [-0.1, -0.05) is 6.07 Å². The van der Waals surface area contributed by atoms with Gasteiger partial charge in [-0.05, 0) is 45.7 Å². The number of hydrogen-bond donors (Lipinski definition) is 2. The Labute approximate surface area is 224 Å². The molecule has 2 aliphatic rings. The third kappa shape index (κ3) is 8.48. The summed E-state index contributed by atoms with van der Waals surface area (Å²) in [5, 5.41) is 14.4. The smallest absolute Gasteiger partial charge is 0.444 e. The van der Waals surface area contributed by atoms with Crippen LogP contribution in [0.1, 0.15) is 57.6 Å². The summed E-state index contributed by atoms with van der Waals surface area (Å²) in [6.07, 6.45) is -4.18. The molecule has 0 radical (unpaired) electrons. The maximum Gasteiger partial charge on any atom is 0.573 e. The zero-order chi connectivity index (χ0) is 28.8. The van der Waals surface area contributed by atoms with Crippen LogP contribution in [0.15, 0.2) is 18.2 Å². The van der Waals surface area contributed by atoms with Crippen molar-refractivity contribution in [3.05, 3.63) is 29.3 Å². The Morgan fingerprint density at radius 3 is 2.51 bits per heavy atom. The van der Waals surface area contributed by atoms with Crippen LogP contribution >= 0.6 is 0 Å². The first-order chi connectivity index (χ1) is 18.2. The molecule has 3 rings (SSSR count). The molecular weight excluding hydrogens is 521 g/mol. The summed E-state index contributed by atoms with van der Waals surface area (Å²) >= 11 is 0. The summed E-state index contributed by atoms with van der Waals surface area (Å²) in [6, 6.07) is 5.33. The number of benzene rings is 1. The van der Waals surface area contributed by atoms with Gasteiger partial charge >= 0.3 is 12.5 Å². The van der Waals surface area contributed by atoms with Crippen molar-refractivity contribution in [2.45, 2.75) is 70.5 Å². The van der Waals surface area contributed by atoms with Crippen LogP contribution in [-0.4, -0.2) is 66.6 Å². The minimum absolute atomic E-state index is 0.0206. The summed E-state index contributed by atoms with van der Waals surface area (Å²) in [7, 11) is 0. The Hall–Kier alpha value is -3.53. The minimum Gasteiger partial charge on any atom is -0.444 e. The predicted molar refractivity (Wildman–Crippen MR) is 131 cm³/mol. The summed E-state index contributed by atoms with van der Waals surface area (Å²) in [6.45, 7) is 5.90. The van der Waals surface area contributed by atoms with E-state index in [-0.39, 0.29) is 56.2 Å². The molecule has 0 aromatic heterocycles. The van der Waals surface area contributed by atoms with Crippen LogP contribution in [0.3, 0.4) is 0 Å². The van der Waals surface area contributed by atoms with E-state index in [1.807, 2.05) is 0 Å². The molecule has 1 aromatic rings. The third-order valence-corrected chi connectivity index (χ3v) is 6.45. The SMILES string of the molecule is CC(C)(C)OC(=O)NC1(C(=O)N2CCC[C@@H](C(=O)NCc3ccc(C#N)cc3OC(F)(F)F)C2)CCOCC1. The van der Waals surface area contributed by atoms with Gasteiger partial charge in [0.1, 0.15) is 16.9 Å². The molecule has 214 valence electrons. The van der Waals surface area contributed by atoms with E-state index >= 15 is 0 Å². The lowest BCUT2D eigenvalue weighted by Gasteiger charge is -2.42. The van der Waals surface area contributed by atoms with Crippen LogP contribution in [0.4, 0.5) is 18.0 Å². The van der Waals surface area contributed by atoms with Crippen molar-refractivity contribution in [1.82, 2.24) is 15.5 Å². The molecule has 13 heteroatoms. The first kappa shape index (κ1) is 30.0. The molecule has 10 nitrogen and oxygen atoms in total. The molecule has 2 fully saturated rings. The molecule has 0 spiro atoms. The lowest BCUT2D eigenvalue weighted by Crippen LogP contribution is -2.63. The molecule has 2 aliphatic heterocycles. The number of carbonyl (C=O) groups excluding carboxylic acids is 3. The molecule has 0 unspecified atom stereocenters. The van der Waals surface area contributed by atoms with Crippen molar-refractivity contribution < 1.29 is 41.8 Å². The molecule has 1 atom stereocenters. The second-order valence-corrected chi connectivity index (χ2v) is 10.6. The van der Waals surface area contributed by atoms with Gasteiger partial charge in [0.05, 0.1) is 17.6 Å². The molecule has 2 saturated heterocycles. The van der Waals surface area contributed by atoms with Crippen LogP contribution in [0.25, 0.3) is 0 Å². The van der Waals surface area contributed by atoms with Crippen LogP contribution in [-0.2, 0) is 25.6 Å². The fraction of sp³-hybridized carbons (Fsp3) is 0.615. The van der Waals surface area contributed by atoms with Gasteiger partial charge < -0.3 is 29.7 Å². The summed E-state index contributed by atoms with van der Waals surface area (Å²) in [5.41, 5.74) is -1.96. The third-order valence-electron chi connectivity index (χ3n) is 6.45. The van der Waals surface area contributed by atoms with Crippen molar-refractivity contribution in [2.75, 3.05) is 26.3 Å². The molecule has 39 heavy (non-hydrogen) atoms. The molecule has 2 heterocycles. The topological polar surface area (TPSA) is 130 Å². The Morgan fingerprint density at radius 1 is 1.21 bits per heavy atom. The lowest BCUT2D eigenvalue weighted by atomic mass is 9.86. The molecule has 0 bridgehead atoms. The van der Waals surface area contributed by atoms with Crippen LogP contribution in [0.2, 0.25) is 0 Å². The zero-order valence-corrected chi connectivity index (χ0v) is 22.2. The highest BCUT2D eigenvalue weighted by Crippen LogP contribution is 2.29. The van der Waals surface area contributed by atoms with Gasteiger partial charge in [-0.25, -0.2) is 4.79 Å². The van der Waals surface area contributed by atoms with E-state index in [0.717, 1.165) is 6.07 Å². The van der Waals surface area contributed by atoms with Crippen LogP contribution in [0, 0.1) is 17.2 Å². The fourth-order valence-electron chi connectivity index (χ4n) is 4.61. The number of carbonyl (C=O) groups is 3. The molecule has 1 aromatic carbocycles. The number of piperidine rings is 1. The number of alkyl carbamates (subject to hydrolysis) is 1. The minimum atomic E-state index is -4.97. The van der Waals surface area contributed by atoms with Crippen LogP contribution in [0.5, 0.6) is 5.75 Å². The van der Waals surface area contributed by atoms with Gasteiger partial charge in [-0.2, -0.15) is 5.26 Å². The number of ether oxygens (including phenoxy) is 3. The standard InChI is InChI=1S/C26H33F3N4O6/c1-24(2,3)39-23(36)32-25(8-11-37-12-9-25)22(35)33-10-4-5-19(16-33)21(34)31-15-18-7-6-17(14-30)13-20(18)38-26(27,28)29/h6-7,13,19H,4-5,8-12,15-16H2,1-3H3,(H,31,34)(H,32,36)/t19-/m1/s1. The Bertz CT molecular complexity index is 1110. The van der Waals surface area contributed by atoms with E-state index in [1.165, 1.54) is 17.0 Å². The van der Waals surface area contributed by atoms with E-state index < -0.39 is 41.2 Å². The number of rotatable bonds is 6. The Balaban J connectivity index is 1.68. The summed E-state index contributed by atoms with van der Waals surface area (Å²) in [4.78, 5) is 40.8. The summed E-state index contributed by atoms with van der Waals surface area (Å²) < 4.78 is 53.3. The van der Waals surface area contributed by atoms with Crippen LogP contribution < -0.4 is 15.4 Å². The number of likely N-dealkylation sites (tertiary alicyclic amines) is 1. The van der Waals surface area contributed by atoms with Gasteiger partial charge in [0.2, 0.25) is 11.8 Å². The average Bonchev–Trinajstić information content (AvgIpc) is 2.85. The fourth-order valence-corrected chi connectivity index (χ4v) is 4.61. The van der Waals surface area contributed by atoms with Gasteiger partial charge in [-0.15, -0.1) is 13.2 Å². The molecular formula is C26H33F3N4O6. The van der Waals surface area contributed by atoms with Crippen molar-refractivity contribution in [1.29, 1.82) is 5.26 Å². The number of alkyl halides is 3. The maximum atomic E-state index is 13.7. The quantitative estimate of drug-likeness (QED) is 0.551. The monoisotopic (exact) mass is 554 g/mol. The largest absolute Gasteiger partial charge is 0.573 e. The molecule has 2 N–H and O–H groups in total. The van der Waals surface area contributed by atoms with Gasteiger partial charge in [0.25, 0.3) is 0 Å². The predicted octanol–water partition coefficient (Wildman–Crippen LogP) is 3.39. The van der Waals surface area contributed by atoms with Crippen molar-refractivity contribution in [3.8, 4) is 11.8 Å².